The fourth-order valence-corrected chi connectivity index (χ4v) is 9.55. The Morgan fingerprint density at radius 1 is 0.333 bits per heavy atom. The molecule has 0 aliphatic heterocycles. The summed E-state index contributed by atoms with van der Waals surface area (Å²) in [4.78, 5) is 24.6. The smallest absolute Gasteiger partial charge is 0.306 e. The number of esters is 2. The van der Waals surface area contributed by atoms with Gasteiger partial charge >= 0.3 is 11.9 Å². The zero-order valence-electron chi connectivity index (χ0n) is 48.2. The minimum Gasteiger partial charge on any atom is -0.462 e. The monoisotopic (exact) mass is 1010 g/mol. The Kier molecular flexibility index (Phi) is 60.8. The van der Waals surface area contributed by atoms with Crippen LogP contribution in [0.25, 0.3) is 0 Å². The highest BCUT2D eigenvalue weighted by atomic mass is 16.6. The molecule has 1 unspecified atom stereocenters. The number of carbonyl (C=O) groups is 2. The van der Waals surface area contributed by atoms with Gasteiger partial charge in [-0.05, 0) is 77.0 Å². The fourth-order valence-electron chi connectivity index (χ4n) is 9.55. The van der Waals surface area contributed by atoms with E-state index in [1.54, 1.807) is 0 Å². The van der Waals surface area contributed by atoms with Crippen LogP contribution in [0.1, 0.15) is 335 Å². The first-order valence-electron chi connectivity index (χ1n) is 31.8. The molecule has 0 amide bonds. The largest absolute Gasteiger partial charge is 0.462 e. The van der Waals surface area contributed by atoms with Crippen LogP contribution >= 0.6 is 0 Å². The predicted molar refractivity (Wildman–Crippen MR) is 316 cm³/mol. The highest BCUT2D eigenvalue weighted by molar-refractivity contribution is 5.70. The van der Waals surface area contributed by atoms with Crippen molar-refractivity contribution < 1.29 is 24.2 Å². The summed E-state index contributed by atoms with van der Waals surface area (Å²) >= 11 is 0. The van der Waals surface area contributed by atoms with Gasteiger partial charge in [0.1, 0.15) is 6.61 Å². The van der Waals surface area contributed by atoms with Crippen molar-refractivity contribution in [3.63, 3.8) is 0 Å². The summed E-state index contributed by atoms with van der Waals surface area (Å²) in [5, 5.41) is 9.68. The molecule has 0 aliphatic carbocycles. The van der Waals surface area contributed by atoms with Crippen molar-refractivity contribution in [1.29, 1.82) is 0 Å². The first-order chi connectivity index (χ1) is 35.6. The third-order valence-corrected chi connectivity index (χ3v) is 14.3. The number of allylic oxidation sites excluding steroid dienone is 10. The summed E-state index contributed by atoms with van der Waals surface area (Å²) in [5.74, 6) is -0.578. The summed E-state index contributed by atoms with van der Waals surface area (Å²) < 4.78 is 10.7. The van der Waals surface area contributed by atoms with Crippen molar-refractivity contribution in [1.82, 2.24) is 0 Å². The molecular formula is C67H122O5. The van der Waals surface area contributed by atoms with Gasteiger partial charge in [-0.15, -0.1) is 0 Å². The Morgan fingerprint density at radius 2 is 0.597 bits per heavy atom. The third-order valence-electron chi connectivity index (χ3n) is 14.3. The lowest BCUT2D eigenvalue weighted by atomic mass is 10.0. The Balaban J connectivity index is 3.42. The van der Waals surface area contributed by atoms with E-state index >= 15 is 0 Å². The summed E-state index contributed by atoms with van der Waals surface area (Å²) in [5.41, 5.74) is 0. The molecule has 5 heteroatoms. The van der Waals surface area contributed by atoms with E-state index in [2.05, 4.69) is 74.6 Å². The van der Waals surface area contributed by atoms with Gasteiger partial charge in [-0.3, -0.25) is 9.59 Å². The van der Waals surface area contributed by atoms with Crippen molar-refractivity contribution in [2.45, 2.75) is 341 Å². The maximum atomic E-state index is 12.3. The van der Waals surface area contributed by atoms with E-state index in [0.29, 0.717) is 12.8 Å². The van der Waals surface area contributed by atoms with Gasteiger partial charge < -0.3 is 14.6 Å². The summed E-state index contributed by atoms with van der Waals surface area (Å²) in [6.45, 7) is 4.07. The lowest BCUT2D eigenvalue weighted by molar-refractivity contribution is -0.161. The number of aliphatic hydroxyl groups is 1. The maximum absolute atomic E-state index is 12.3. The lowest BCUT2D eigenvalue weighted by Gasteiger charge is -2.15. The summed E-state index contributed by atoms with van der Waals surface area (Å²) in [7, 11) is 0. The summed E-state index contributed by atoms with van der Waals surface area (Å²) in [6, 6.07) is 0. The van der Waals surface area contributed by atoms with Crippen LogP contribution in [0.5, 0.6) is 0 Å². The Labute approximate surface area is 449 Å². The lowest BCUT2D eigenvalue weighted by Crippen LogP contribution is -2.28. The van der Waals surface area contributed by atoms with Crippen LogP contribution in [-0.2, 0) is 19.1 Å². The number of carbonyl (C=O) groups excluding carboxylic acids is 2. The molecule has 0 aromatic heterocycles. The van der Waals surface area contributed by atoms with Gasteiger partial charge in [-0.2, -0.15) is 0 Å². The van der Waals surface area contributed by atoms with Crippen molar-refractivity contribution in [3.8, 4) is 0 Å². The molecule has 5 nitrogen and oxygen atoms in total. The van der Waals surface area contributed by atoms with Gasteiger partial charge in [0.2, 0.25) is 0 Å². The van der Waals surface area contributed by atoms with E-state index in [9.17, 15) is 14.7 Å². The zero-order chi connectivity index (χ0) is 52.0. The number of unbranched alkanes of at least 4 members (excludes halogenated alkanes) is 41. The minimum absolute atomic E-state index is 0.0641. The van der Waals surface area contributed by atoms with Crippen molar-refractivity contribution in [2.75, 3.05) is 13.2 Å². The fraction of sp³-hybridized carbons (Fsp3) is 0.821. The zero-order valence-corrected chi connectivity index (χ0v) is 48.2. The Bertz CT molecular complexity index is 1230. The van der Waals surface area contributed by atoms with Crippen LogP contribution in [0, 0.1) is 0 Å². The van der Waals surface area contributed by atoms with Crippen LogP contribution in [0.4, 0.5) is 0 Å². The van der Waals surface area contributed by atoms with Crippen LogP contribution in [0.15, 0.2) is 60.8 Å². The minimum atomic E-state index is -0.774. The number of ether oxygens (including phenoxy) is 2. The van der Waals surface area contributed by atoms with Crippen LogP contribution in [-0.4, -0.2) is 36.4 Å². The van der Waals surface area contributed by atoms with Crippen LogP contribution < -0.4 is 0 Å². The first kappa shape index (κ1) is 69.6. The average molecular weight is 1010 g/mol. The topological polar surface area (TPSA) is 72.8 Å². The maximum Gasteiger partial charge on any atom is 0.306 e. The molecule has 0 aromatic carbocycles. The van der Waals surface area contributed by atoms with E-state index in [4.69, 9.17) is 9.47 Å². The number of hydrogen-bond donors (Lipinski definition) is 1. The molecule has 1 N–H and O–H groups in total. The quantitative estimate of drug-likeness (QED) is 0.0373. The van der Waals surface area contributed by atoms with Gasteiger partial charge in [0.25, 0.3) is 0 Å². The molecule has 1 atom stereocenters. The third kappa shape index (κ3) is 60.2. The molecule has 0 aromatic rings. The second-order valence-electron chi connectivity index (χ2n) is 21.5. The van der Waals surface area contributed by atoms with Crippen molar-refractivity contribution in [2.24, 2.45) is 0 Å². The van der Waals surface area contributed by atoms with Crippen LogP contribution in [0.3, 0.4) is 0 Å². The molecule has 0 fully saturated rings. The molecule has 0 saturated carbocycles. The standard InChI is InChI=1S/C67H122O5/c1-3-5-7-9-11-13-15-17-19-21-23-25-27-29-30-31-32-33-34-35-36-38-39-41-43-45-47-49-51-53-55-57-59-61-66(69)71-64-65(63-68)72-67(70)62-60-58-56-54-52-50-48-46-44-42-40-37-28-26-24-22-20-18-16-14-12-10-8-6-4-2/h6,8,12,14,18,20-21,23-24,26,65,68H,3-5,7,9-11,13,15-17,19,22,25,27-64H2,1-2H3/b8-6-,14-12-,20-18-,23-21-,26-24-. The molecule has 0 rings (SSSR count). The Hall–Kier alpha value is -2.40. The number of rotatable bonds is 59. The van der Waals surface area contributed by atoms with Crippen molar-refractivity contribution >= 4 is 11.9 Å². The van der Waals surface area contributed by atoms with Crippen LogP contribution in [0.2, 0.25) is 0 Å². The molecule has 72 heavy (non-hydrogen) atoms. The van der Waals surface area contributed by atoms with E-state index in [1.807, 2.05) is 0 Å². The van der Waals surface area contributed by atoms with E-state index in [1.165, 1.54) is 244 Å². The van der Waals surface area contributed by atoms with Gasteiger partial charge in [-0.1, -0.05) is 306 Å². The second kappa shape index (κ2) is 62.9. The molecule has 0 spiro atoms. The van der Waals surface area contributed by atoms with Crippen molar-refractivity contribution in [3.05, 3.63) is 60.8 Å². The van der Waals surface area contributed by atoms with Gasteiger partial charge in [0.15, 0.2) is 6.10 Å². The normalized spacial score (nSPS) is 12.5. The van der Waals surface area contributed by atoms with Gasteiger partial charge in [0.05, 0.1) is 6.61 Å². The number of aliphatic hydroxyl groups excluding tert-OH is 1. The first-order valence-corrected chi connectivity index (χ1v) is 31.8. The van der Waals surface area contributed by atoms with E-state index < -0.39 is 6.10 Å². The highest BCUT2D eigenvalue weighted by Gasteiger charge is 2.16. The summed E-state index contributed by atoms with van der Waals surface area (Å²) in [6.07, 6.45) is 85.2. The average Bonchev–Trinajstić information content (AvgIpc) is 3.38. The number of hydrogen-bond acceptors (Lipinski definition) is 5. The predicted octanol–water partition coefficient (Wildman–Crippen LogP) is 21.8. The highest BCUT2D eigenvalue weighted by Crippen LogP contribution is 2.18. The molecular weight excluding hydrogens is 885 g/mol. The van der Waals surface area contributed by atoms with Gasteiger partial charge in [-0.25, -0.2) is 0 Å². The Morgan fingerprint density at radius 3 is 0.917 bits per heavy atom. The molecule has 420 valence electrons. The molecule has 0 heterocycles. The molecule has 0 aliphatic rings. The second-order valence-corrected chi connectivity index (χ2v) is 21.5. The molecule has 0 bridgehead atoms. The molecule has 0 radical (unpaired) electrons. The van der Waals surface area contributed by atoms with Gasteiger partial charge in [0, 0.05) is 12.8 Å². The van der Waals surface area contributed by atoms with E-state index in [-0.39, 0.29) is 25.2 Å². The van der Waals surface area contributed by atoms with E-state index in [0.717, 1.165) is 64.2 Å². The SMILES string of the molecule is CC/C=C\C/C=C\C/C=C\C/C=C\CCCCCCCCCCCCCCC(=O)OC(CO)COC(=O)CCCCCCCCCCCCCCCCCCCCCCC/C=C\CCCCCCCCCC. The molecule has 0 saturated heterocycles.